The van der Waals surface area contributed by atoms with Gasteiger partial charge in [-0.15, -0.1) is 0 Å². The molecule has 0 aliphatic carbocycles. The molecule has 8 heteroatoms. The Morgan fingerprint density at radius 2 is 1.58 bits per heavy atom. The third kappa shape index (κ3) is 3.37. The van der Waals surface area contributed by atoms with E-state index in [9.17, 15) is 21.6 Å². The van der Waals surface area contributed by atoms with Crippen LogP contribution in [0.4, 0.5) is 18.9 Å². The summed E-state index contributed by atoms with van der Waals surface area (Å²) in [6.45, 7) is 0. The summed E-state index contributed by atoms with van der Waals surface area (Å²) < 4.78 is 65.6. The molecule has 3 aromatic carbocycles. The van der Waals surface area contributed by atoms with Gasteiger partial charge in [0, 0.05) is 7.05 Å². The second-order valence-electron chi connectivity index (χ2n) is 5.64. The van der Waals surface area contributed by atoms with Gasteiger partial charge in [0.05, 0.1) is 21.2 Å². The van der Waals surface area contributed by atoms with Gasteiger partial charge in [0.25, 0.3) is 10.0 Å². The zero-order valence-corrected chi connectivity index (χ0v) is 15.0. The van der Waals surface area contributed by atoms with Crippen molar-refractivity contribution >= 4 is 38.1 Å². The Kier molecular flexibility index (Phi) is 4.62. The average Bonchev–Trinajstić information content (AvgIpc) is 2.60. The van der Waals surface area contributed by atoms with E-state index in [1.807, 2.05) is 12.1 Å². The van der Waals surface area contributed by atoms with E-state index in [-0.39, 0.29) is 10.6 Å². The molecule has 0 unspecified atom stereocenters. The number of hydrogen-bond acceptors (Lipinski definition) is 2. The van der Waals surface area contributed by atoms with Crippen molar-refractivity contribution in [1.29, 1.82) is 0 Å². The molecule has 26 heavy (non-hydrogen) atoms. The molecular formula is C18H13ClF3NO2S. The average molecular weight is 400 g/mol. The Bertz CT molecular complexity index is 1080. The summed E-state index contributed by atoms with van der Waals surface area (Å²) in [5.74, 6) is 0. The lowest BCUT2D eigenvalue weighted by atomic mass is 10.1. The van der Waals surface area contributed by atoms with Crippen LogP contribution in [0.5, 0.6) is 0 Å². The van der Waals surface area contributed by atoms with Crippen LogP contribution < -0.4 is 4.31 Å². The lowest BCUT2D eigenvalue weighted by molar-refractivity contribution is -0.137. The zero-order chi connectivity index (χ0) is 19.1. The van der Waals surface area contributed by atoms with Crippen LogP contribution in [0.3, 0.4) is 0 Å². The van der Waals surface area contributed by atoms with Crippen LogP contribution in [-0.4, -0.2) is 15.5 Å². The van der Waals surface area contributed by atoms with Crippen molar-refractivity contribution in [2.24, 2.45) is 0 Å². The highest BCUT2D eigenvalue weighted by molar-refractivity contribution is 7.92. The second kappa shape index (κ2) is 6.48. The highest BCUT2D eigenvalue weighted by atomic mass is 35.5. The Morgan fingerprint density at radius 1 is 0.923 bits per heavy atom. The van der Waals surface area contributed by atoms with Crippen molar-refractivity contribution < 1.29 is 21.6 Å². The number of fused-ring (bicyclic) bond motifs is 1. The van der Waals surface area contributed by atoms with Gasteiger partial charge in [-0.2, -0.15) is 13.2 Å². The van der Waals surface area contributed by atoms with Gasteiger partial charge in [-0.25, -0.2) is 8.42 Å². The Hall–Kier alpha value is -2.25. The molecule has 0 saturated heterocycles. The van der Waals surface area contributed by atoms with Crippen LogP contribution in [0.2, 0.25) is 5.02 Å². The van der Waals surface area contributed by atoms with Crippen LogP contribution in [-0.2, 0) is 16.2 Å². The summed E-state index contributed by atoms with van der Waals surface area (Å²) in [6.07, 6.45) is -4.68. The molecule has 0 fully saturated rings. The van der Waals surface area contributed by atoms with Gasteiger partial charge in [-0.3, -0.25) is 4.31 Å². The van der Waals surface area contributed by atoms with Gasteiger partial charge in [0.15, 0.2) is 0 Å². The smallest absolute Gasteiger partial charge is 0.269 e. The van der Waals surface area contributed by atoms with Gasteiger partial charge in [-0.05, 0) is 41.1 Å². The maximum Gasteiger partial charge on any atom is 0.417 e. The van der Waals surface area contributed by atoms with E-state index in [2.05, 4.69) is 0 Å². The standard InChI is InChI=1S/C18H13ClF3NO2S/c1-23(14-7-9-17(19)16(11-14)18(20,21)22)26(24,25)15-8-6-12-4-2-3-5-13(12)10-15/h2-11H,1H3. The zero-order valence-electron chi connectivity index (χ0n) is 13.5. The molecule has 3 rings (SSSR count). The highest BCUT2D eigenvalue weighted by Crippen LogP contribution is 2.37. The third-order valence-electron chi connectivity index (χ3n) is 4.00. The number of anilines is 1. The van der Waals surface area contributed by atoms with Crippen molar-refractivity contribution in [3.63, 3.8) is 0 Å². The maximum atomic E-state index is 13.0. The van der Waals surface area contributed by atoms with Crippen molar-refractivity contribution in [2.75, 3.05) is 11.4 Å². The summed E-state index contributed by atoms with van der Waals surface area (Å²) >= 11 is 5.59. The lowest BCUT2D eigenvalue weighted by Crippen LogP contribution is -2.27. The fourth-order valence-electron chi connectivity index (χ4n) is 2.55. The molecule has 3 nitrogen and oxygen atoms in total. The topological polar surface area (TPSA) is 37.4 Å². The Labute approximate surface area is 153 Å². The van der Waals surface area contributed by atoms with Crippen LogP contribution in [0, 0.1) is 0 Å². The predicted molar refractivity (Wildman–Crippen MR) is 96.0 cm³/mol. The molecule has 0 atom stereocenters. The molecule has 0 saturated carbocycles. The first kappa shape index (κ1) is 18.5. The number of halogens is 4. The van der Waals surface area contributed by atoms with E-state index in [0.717, 1.165) is 21.8 Å². The van der Waals surface area contributed by atoms with Gasteiger partial charge in [0.1, 0.15) is 0 Å². The Morgan fingerprint density at radius 3 is 2.23 bits per heavy atom. The highest BCUT2D eigenvalue weighted by Gasteiger charge is 2.34. The molecular weight excluding hydrogens is 387 g/mol. The van der Waals surface area contributed by atoms with Gasteiger partial charge < -0.3 is 0 Å². The van der Waals surface area contributed by atoms with E-state index in [1.165, 1.54) is 25.2 Å². The minimum atomic E-state index is -4.68. The minimum absolute atomic E-state index is 0.0118. The van der Waals surface area contributed by atoms with Gasteiger partial charge in [0.2, 0.25) is 0 Å². The van der Waals surface area contributed by atoms with E-state index in [4.69, 9.17) is 11.6 Å². The van der Waals surface area contributed by atoms with Crippen LogP contribution >= 0.6 is 11.6 Å². The van der Waals surface area contributed by atoms with E-state index in [1.54, 1.807) is 18.2 Å². The normalized spacial score (nSPS) is 12.3. The number of nitrogens with zero attached hydrogens (tertiary/aromatic N) is 1. The van der Waals surface area contributed by atoms with E-state index in [0.29, 0.717) is 5.39 Å². The number of hydrogen-bond donors (Lipinski definition) is 0. The van der Waals surface area contributed by atoms with Gasteiger partial charge in [-0.1, -0.05) is 41.9 Å². The molecule has 0 amide bonds. The summed E-state index contributed by atoms with van der Waals surface area (Å²) in [6, 6.07) is 14.8. The molecule has 0 aliphatic heterocycles. The number of benzene rings is 3. The predicted octanol–water partition coefficient (Wildman–Crippen LogP) is 5.34. The molecule has 0 N–H and O–H groups in total. The molecule has 0 radical (unpaired) electrons. The van der Waals surface area contributed by atoms with Gasteiger partial charge >= 0.3 is 6.18 Å². The fourth-order valence-corrected chi connectivity index (χ4v) is 4.00. The molecule has 136 valence electrons. The molecule has 0 heterocycles. The number of sulfonamides is 1. The molecule has 0 bridgehead atoms. The Balaban J connectivity index is 2.06. The van der Waals surface area contributed by atoms with Crippen molar-refractivity contribution in [3.05, 3.63) is 71.2 Å². The molecule has 0 aliphatic rings. The van der Waals surface area contributed by atoms with Crippen molar-refractivity contribution in [2.45, 2.75) is 11.1 Å². The van der Waals surface area contributed by atoms with Crippen molar-refractivity contribution in [1.82, 2.24) is 0 Å². The van der Waals surface area contributed by atoms with Crippen LogP contribution in [0.1, 0.15) is 5.56 Å². The van der Waals surface area contributed by atoms with Crippen LogP contribution in [0.15, 0.2) is 65.6 Å². The quantitative estimate of drug-likeness (QED) is 0.596. The largest absolute Gasteiger partial charge is 0.417 e. The molecule has 0 aromatic heterocycles. The summed E-state index contributed by atoms with van der Waals surface area (Å²) in [7, 11) is -2.83. The summed E-state index contributed by atoms with van der Waals surface area (Å²) in [5.41, 5.74) is -1.22. The molecule has 3 aromatic rings. The minimum Gasteiger partial charge on any atom is -0.269 e. The maximum absolute atomic E-state index is 13.0. The monoisotopic (exact) mass is 399 g/mol. The summed E-state index contributed by atoms with van der Waals surface area (Å²) in [4.78, 5) is -0.0118. The fraction of sp³-hybridized carbons (Fsp3) is 0.111. The van der Waals surface area contributed by atoms with Crippen molar-refractivity contribution in [3.8, 4) is 0 Å². The second-order valence-corrected chi connectivity index (χ2v) is 8.02. The SMILES string of the molecule is CN(c1ccc(Cl)c(C(F)(F)F)c1)S(=O)(=O)c1ccc2ccccc2c1. The summed E-state index contributed by atoms with van der Waals surface area (Å²) in [5, 5.41) is 1.09. The first-order valence-electron chi connectivity index (χ1n) is 7.45. The number of alkyl halides is 3. The first-order chi connectivity index (χ1) is 12.1. The number of rotatable bonds is 3. The van der Waals surface area contributed by atoms with Crippen LogP contribution in [0.25, 0.3) is 10.8 Å². The molecule has 0 spiro atoms. The third-order valence-corrected chi connectivity index (χ3v) is 6.11. The van der Waals surface area contributed by atoms with E-state index < -0.39 is 26.8 Å². The van der Waals surface area contributed by atoms with E-state index >= 15 is 0 Å². The first-order valence-corrected chi connectivity index (χ1v) is 9.27. The lowest BCUT2D eigenvalue weighted by Gasteiger charge is -2.21.